The monoisotopic (exact) mass is 455 g/mol. The maximum atomic E-state index is 12.2. The Balaban J connectivity index is 1.82. The van der Waals surface area contributed by atoms with E-state index in [-0.39, 0.29) is 11.8 Å². The first kappa shape index (κ1) is 26.3. The molecule has 0 radical (unpaired) electrons. The van der Waals surface area contributed by atoms with Crippen molar-refractivity contribution in [2.45, 2.75) is 50.6 Å². The van der Waals surface area contributed by atoms with Gasteiger partial charge in [-0.25, -0.2) is 0 Å². The Labute approximate surface area is 195 Å². The quantitative estimate of drug-likeness (QED) is 0.214. The van der Waals surface area contributed by atoms with Crippen LogP contribution in [-0.4, -0.2) is 37.0 Å². The molecule has 33 heavy (non-hydrogen) atoms. The van der Waals surface area contributed by atoms with E-state index < -0.39 is 12.1 Å². The van der Waals surface area contributed by atoms with Gasteiger partial charge in [-0.2, -0.15) is 0 Å². The molecule has 11 N–H and O–H groups in total. The number of carbonyl (C=O) groups is 2. The summed E-state index contributed by atoms with van der Waals surface area (Å²) in [4.78, 5) is 24.3. The Kier molecular flexibility index (Phi) is 11.3. The van der Waals surface area contributed by atoms with Gasteiger partial charge in [-0.1, -0.05) is 12.8 Å². The van der Waals surface area contributed by atoms with Crippen molar-refractivity contribution in [3.05, 3.63) is 48.5 Å². The van der Waals surface area contributed by atoms with Crippen LogP contribution in [0.25, 0.3) is 0 Å². The number of rotatable bonds is 14. The fraction of sp³-hybridized carbons (Fsp3) is 0.417. The largest absolute Gasteiger partial charge is 0.356 e. The molecule has 9 nitrogen and oxygen atoms in total. The molecule has 2 unspecified atom stereocenters. The molecule has 2 atom stereocenters. The molecule has 0 saturated carbocycles. The van der Waals surface area contributed by atoms with Crippen LogP contribution in [0.2, 0.25) is 0 Å². The highest BCUT2D eigenvalue weighted by molar-refractivity contribution is 5.95. The van der Waals surface area contributed by atoms with Crippen molar-refractivity contribution in [3.63, 3.8) is 0 Å². The molecule has 0 heterocycles. The highest BCUT2D eigenvalue weighted by Crippen LogP contribution is 2.21. The second-order valence-electron chi connectivity index (χ2n) is 8.04. The zero-order chi connectivity index (χ0) is 24.1. The van der Waals surface area contributed by atoms with Crippen LogP contribution in [0.5, 0.6) is 0 Å². The minimum atomic E-state index is -0.547. The number of anilines is 4. The molecule has 0 aliphatic heterocycles. The van der Waals surface area contributed by atoms with Crippen LogP contribution in [-0.2, 0) is 9.59 Å². The Morgan fingerprint density at radius 2 is 0.939 bits per heavy atom. The minimum absolute atomic E-state index is 0.204. The van der Waals surface area contributed by atoms with Gasteiger partial charge < -0.3 is 38.9 Å². The molecule has 0 aliphatic carbocycles. The molecule has 180 valence electrons. The second-order valence-corrected chi connectivity index (χ2v) is 8.04. The van der Waals surface area contributed by atoms with Crippen LogP contribution in [0, 0.1) is 0 Å². The van der Waals surface area contributed by atoms with Crippen molar-refractivity contribution < 1.29 is 9.59 Å². The Hall–Kier alpha value is -2.98. The predicted octanol–water partition coefficient (Wildman–Crippen LogP) is 2.22. The van der Waals surface area contributed by atoms with Gasteiger partial charge in [0.1, 0.15) is 0 Å². The average molecular weight is 456 g/mol. The number of nitrogens with one attached hydrogen (secondary N) is 3. The fourth-order valence-corrected chi connectivity index (χ4v) is 3.19. The van der Waals surface area contributed by atoms with Crippen LogP contribution in [0.3, 0.4) is 0 Å². The van der Waals surface area contributed by atoms with Crippen LogP contribution >= 0.6 is 0 Å². The van der Waals surface area contributed by atoms with Gasteiger partial charge in [0.2, 0.25) is 11.8 Å². The second kappa shape index (κ2) is 14.2. The third-order valence-corrected chi connectivity index (χ3v) is 5.21. The molecule has 0 fully saturated rings. The summed E-state index contributed by atoms with van der Waals surface area (Å²) in [5, 5.41) is 8.94. The van der Waals surface area contributed by atoms with Crippen molar-refractivity contribution in [1.82, 2.24) is 0 Å². The third-order valence-electron chi connectivity index (χ3n) is 5.21. The molecule has 9 heteroatoms. The minimum Gasteiger partial charge on any atom is -0.356 e. The summed E-state index contributed by atoms with van der Waals surface area (Å²) in [7, 11) is 0. The van der Waals surface area contributed by atoms with Gasteiger partial charge in [0.15, 0.2) is 0 Å². The van der Waals surface area contributed by atoms with E-state index in [0.29, 0.717) is 37.3 Å². The molecule has 0 bridgehead atoms. The Morgan fingerprint density at radius 3 is 1.27 bits per heavy atom. The molecule has 2 aromatic carbocycles. The first-order valence-electron chi connectivity index (χ1n) is 11.4. The van der Waals surface area contributed by atoms with Crippen molar-refractivity contribution in [1.29, 1.82) is 0 Å². The van der Waals surface area contributed by atoms with Crippen LogP contribution in [0.4, 0.5) is 22.7 Å². The van der Waals surface area contributed by atoms with Gasteiger partial charge in [-0.05, 0) is 87.3 Å². The number of hydrogen-bond donors (Lipinski definition) is 7. The maximum Gasteiger partial charge on any atom is 0.241 e. The number of hydrogen-bond acceptors (Lipinski definition) is 7. The summed E-state index contributed by atoms with van der Waals surface area (Å²) in [6.07, 6.45) is 4.60. The average Bonchev–Trinajstić information content (AvgIpc) is 2.81. The number of amides is 2. The van der Waals surface area contributed by atoms with Crippen molar-refractivity contribution in [3.8, 4) is 0 Å². The van der Waals surface area contributed by atoms with E-state index in [2.05, 4.69) is 16.0 Å². The van der Waals surface area contributed by atoms with Gasteiger partial charge in [-0.15, -0.1) is 0 Å². The summed E-state index contributed by atoms with van der Waals surface area (Å²) in [6, 6.07) is 13.6. The normalized spacial score (nSPS) is 12.6. The Bertz CT molecular complexity index is 785. The highest BCUT2D eigenvalue weighted by atomic mass is 16.2. The van der Waals surface area contributed by atoms with Crippen molar-refractivity contribution in [2.24, 2.45) is 22.9 Å². The lowest BCUT2D eigenvalue weighted by molar-refractivity contribution is -0.118. The van der Waals surface area contributed by atoms with Crippen LogP contribution in [0.15, 0.2) is 48.5 Å². The molecular formula is C24H37N7O2. The van der Waals surface area contributed by atoms with E-state index in [0.717, 1.165) is 37.1 Å². The maximum absolute atomic E-state index is 12.2. The third kappa shape index (κ3) is 9.58. The molecule has 0 saturated heterocycles. The zero-order valence-electron chi connectivity index (χ0n) is 19.1. The van der Waals surface area contributed by atoms with Gasteiger partial charge in [-0.3, -0.25) is 9.59 Å². The predicted molar refractivity (Wildman–Crippen MR) is 135 cm³/mol. The molecule has 2 aromatic rings. The number of benzene rings is 2. The van der Waals surface area contributed by atoms with E-state index in [9.17, 15) is 9.59 Å². The summed E-state index contributed by atoms with van der Waals surface area (Å²) in [5.74, 6) is -0.408. The van der Waals surface area contributed by atoms with Crippen molar-refractivity contribution in [2.75, 3.05) is 29.0 Å². The van der Waals surface area contributed by atoms with E-state index in [4.69, 9.17) is 22.9 Å². The van der Waals surface area contributed by atoms with Gasteiger partial charge in [0.25, 0.3) is 0 Å². The summed E-state index contributed by atoms with van der Waals surface area (Å²) in [6.45, 7) is 1.20. The van der Waals surface area contributed by atoms with E-state index >= 15 is 0 Å². The van der Waals surface area contributed by atoms with Crippen molar-refractivity contribution >= 4 is 34.6 Å². The summed E-state index contributed by atoms with van der Waals surface area (Å²) in [5.41, 5.74) is 25.9. The number of nitrogens with two attached hydrogens (primary N) is 4. The molecule has 2 amide bonds. The molecule has 2 rings (SSSR count). The summed E-state index contributed by atoms with van der Waals surface area (Å²) < 4.78 is 0. The number of unbranched alkanes of at least 4 members (excludes halogenated alkanes) is 2. The topological polar surface area (TPSA) is 174 Å². The zero-order valence-corrected chi connectivity index (χ0v) is 19.1. The Morgan fingerprint density at radius 1 is 0.606 bits per heavy atom. The lowest BCUT2D eigenvalue weighted by Crippen LogP contribution is -2.35. The molecule has 0 spiro atoms. The lowest BCUT2D eigenvalue weighted by Gasteiger charge is -2.14. The van der Waals surface area contributed by atoms with E-state index in [1.165, 1.54) is 0 Å². The lowest BCUT2D eigenvalue weighted by atomic mass is 10.1. The fourth-order valence-electron chi connectivity index (χ4n) is 3.19. The first-order chi connectivity index (χ1) is 15.9. The standard InChI is InChI=1S/C24H37N7O2/c25-15-3-1-5-21(27)23(32)30-19-11-7-17(8-12-19)29-18-9-13-20(14-10-18)31-24(33)22(28)6-2-4-16-26/h7-14,21-22,29H,1-6,15-16,25-28H2,(H,30,32)(H,31,33). The van der Waals surface area contributed by atoms with Crippen LogP contribution < -0.4 is 38.9 Å². The first-order valence-corrected chi connectivity index (χ1v) is 11.4. The number of carbonyl (C=O) groups excluding carboxylic acids is 2. The SMILES string of the molecule is NCCCCC(N)C(=O)Nc1ccc(Nc2ccc(NC(=O)C(N)CCCCN)cc2)cc1. The van der Waals surface area contributed by atoms with E-state index in [1.807, 2.05) is 48.5 Å². The van der Waals surface area contributed by atoms with Gasteiger partial charge in [0, 0.05) is 22.7 Å². The van der Waals surface area contributed by atoms with Crippen LogP contribution in [0.1, 0.15) is 38.5 Å². The van der Waals surface area contributed by atoms with Gasteiger partial charge >= 0.3 is 0 Å². The molecule has 0 aromatic heterocycles. The molecule has 0 aliphatic rings. The smallest absolute Gasteiger partial charge is 0.241 e. The highest BCUT2D eigenvalue weighted by Gasteiger charge is 2.14. The van der Waals surface area contributed by atoms with E-state index in [1.54, 1.807) is 0 Å². The summed E-state index contributed by atoms with van der Waals surface area (Å²) >= 11 is 0. The van der Waals surface area contributed by atoms with Gasteiger partial charge in [0.05, 0.1) is 12.1 Å². The molecular weight excluding hydrogens is 418 g/mol.